The van der Waals surface area contributed by atoms with Gasteiger partial charge >= 0.3 is 0 Å². The fourth-order valence-electron chi connectivity index (χ4n) is 3.72. The molecule has 4 rings (SSSR count). The Labute approximate surface area is 159 Å². The van der Waals surface area contributed by atoms with E-state index in [1.54, 1.807) is 4.90 Å². The van der Waals surface area contributed by atoms with Gasteiger partial charge in [-0.15, -0.1) is 0 Å². The summed E-state index contributed by atoms with van der Waals surface area (Å²) >= 11 is 0. The van der Waals surface area contributed by atoms with Crippen molar-refractivity contribution in [3.63, 3.8) is 0 Å². The molecule has 2 heterocycles. The fraction of sp³-hybridized carbons (Fsp3) is 0.364. The lowest BCUT2D eigenvalue weighted by Crippen LogP contribution is -2.38. The number of likely N-dealkylation sites (tertiary alicyclic amines) is 1. The fourth-order valence-corrected chi connectivity index (χ4v) is 3.72. The van der Waals surface area contributed by atoms with Crippen molar-refractivity contribution in [1.82, 2.24) is 4.90 Å². The van der Waals surface area contributed by atoms with Crippen molar-refractivity contribution in [2.24, 2.45) is 0 Å². The molecule has 140 valence electrons. The number of para-hydroxylation sites is 2. The number of nitrogens with zero attached hydrogens (tertiary/aromatic N) is 2. The van der Waals surface area contributed by atoms with Gasteiger partial charge in [-0.2, -0.15) is 0 Å². The zero-order valence-electron chi connectivity index (χ0n) is 15.4. The SMILES string of the molecule is O=C(c1ccc(CN2C(=O)COc3ccccc32)cc1)N1CCCCCC1. The molecule has 0 radical (unpaired) electrons. The van der Waals surface area contributed by atoms with E-state index in [9.17, 15) is 9.59 Å². The molecule has 0 unspecified atom stereocenters. The highest BCUT2D eigenvalue weighted by Crippen LogP contribution is 2.32. The smallest absolute Gasteiger partial charge is 0.265 e. The van der Waals surface area contributed by atoms with Gasteiger partial charge in [0.05, 0.1) is 12.2 Å². The van der Waals surface area contributed by atoms with Crippen molar-refractivity contribution in [3.8, 4) is 5.75 Å². The van der Waals surface area contributed by atoms with E-state index in [0.717, 1.165) is 42.9 Å². The Morgan fingerprint density at radius 1 is 0.926 bits per heavy atom. The lowest BCUT2D eigenvalue weighted by molar-refractivity contribution is -0.121. The van der Waals surface area contributed by atoms with E-state index < -0.39 is 0 Å². The van der Waals surface area contributed by atoms with Gasteiger partial charge in [-0.05, 0) is 42.7 Å². The number of carbonyl (C=O) groups is 2. The van der Waals surface area contributed by atoms with Crippen LogP contribution in [0.2, 0.25) is 0 Å². The Morgan fingerprint density at radius 2 is 1.63 bits per heavy atom. The molecule has 1 saturated heterocycles. The molecule has 2 aliphatic heterocycles. The van der Waals surface area contributed by atoms with E-state index in [0.29, 0.717) is 12.1 Å². The van der Waals surface area contributed by atoms with Crippen molar-refractivity contribution in [2.75, 3.05) is 24.6 Å². The van der Waals surface area contributed by atoms with Crippen molar-refractivity contribution in [2.45, 2.75) is 32.2 Å². The minimum absolute atomic E-state index is 0.0570. The Balaban J connectivity index is 1.48. The van der Waals surface area contributed by atoms with Crippen LogP contribution in [-0.2, 0) is 11.3 Å². The van der Waals surface area contributed by atoms with Crippen LogP contribution in [0.1, 0.15) is 41.6 Å². The normalized spacial score (nSPS) is 17.1. The maximum absolute atomic E-state index is 12.7. The zero-order chi connectivity index (χ0) is 18.6. The maximum Gasteiger partial charge on any atom is 0.265 e. The van der Waals surface area contributed by atoms with Crippen LogP contribution in [0, 0.1) is 0 Å². The summed E-state index contributed by atoms with van der Waals surface area (Å²) in [6.07, 6.45) is 4.58. The molecular weight excluding hydrogens is 340 g/mol. The monoisotopic (exact) mass is 364 g/mol. The maximum atomic E-state index is 12.7. The molecule has 2 aliphatic rings. The number of hydrogen-bond acceptors (Lipinski definition) is 3. The zero-order valence-corrected chi connectivity index (χ0v) is 15.4. The van der Waals surface area contributed by atoms with Crippen LogP contribution in [0.25, 0.3) is 0 Å². The minimum Gasteiger partial charge on any atom is -0.482 e. The quantitative estimate of drug-likeness (QED) is 0.836. The molecule has 2 aromatic carbocycles. The van der Waals surface area contributed by atoms with Crippen molar-refractivity contribution < 1.29 is 14.3 Å². The van der Waals surface area contributed by atoms with Gasteiger partial charge in [-0.1, -0.05) is 37.1 Å². The molecule has 2 amide bonds. The predicted octanol–water partition coefficient (Wildman–Crippen LogP) is 3.63. The number of rotatable bonds is 3. The largest absolute Gasteiger partial charge is 0.482 e. The molecule has 0 atom stereocenters. The van der Waals surface area contributed by atoms with Gasteiger partial charge in [0.2, 0.25) is 0 Å². The van der Waals surface area contributed by atoms with E-state index in [-0.39, 0.29) is 18.4 Å². The number of amides is 2. The Hall–Kier alpha value is -2.82. The summed E-state index contributed by atoms with van der Waals surface area (Å²) < 4.78 is 5.49. The predicted molar refractivity (Wildman–Crippen MR) is 104 cm³/mol. The third kappa shape index (κ3) is 3.82. The van der Waals surface area contributed by atoms with Crippen LogP contribution in [0.4, 0.5) is 5.69 Å². The summed E-state index contributed by atoms with van der Waals surface area (Å²) in [6, 6.07) is 15.2. The summed E-state index contributed by atoms with van der Waals surface area (Å²) in [5, 5.41) is 0. The lowest BCUT2D eigenvalue weighted by Gasteiger charge is -2.29. The highest BCUT2D eigenvalue weighted by atomic mass is 16.5. The summed E-state index contributed by atoms with van der Waals surface area (Å²) in [5.41, 5.74) is 2.50. The number of benzene rings is 2. The molecule has 0 saturated carbocycles. The highest BCUT2D eigenvalue weighted by Gasteiger charge is 2.25. The second kappa shape index (κ2) is 7.82. The second-order valence-corrected chi connectivity index (χ2v) is 7.14. The summed E-state index contributed by atoms with van der Waals surface area (Å²) in [7, 11) is 0. The Kier molecular flexibility index (Phi) is 5.10. The van der Waals surface area contributed by atoms with Crippen LogP contribution in [0.15, 0.2) is 48.5 Å². The van der Waals surface area contributed by atoms with Gasteiger partial charge in [0, 0.05) is 18.7 Å². The average Bonchev–Trinajstić information content (AvgIpc) is 3.00. The molecule has 27 heavy (non-hydrogen) atoms. The van der Waals surface area contributed by atoms with Gasteiger partial charge in [0.25, 0.3) is 11.8 Å². The molecular formula is C22H24N2O3. The number of anilines is 1. The number of hydrogen-bond donors (Lipinski definition) is 0. The van der Waals surface area contributed by atoms with Crippen LogP contribution in [0.5, 0.6) is 5.75 Å². The minimum atomic E-state index is -0.0570. The Bertz CT molecular complexity index is 824. The molecule has 5 heteroatoms. The standard InChI is InChI=1S/C22H24N2O3/c25-21-16-27-20-8-4-3-7-19(20)24(21)15-17-9-11-18(12-10-17)22(26)23-13-5-1-2-6-14-23/h3-4,7-12H,1-2,5-6,13-16H2. The summed E-state index contributed by atoms with van der Waals surface area (Å²) in [4.78, 5) is 28.7. The van der Waals surface area contributed by atoms with Gasteiger partial charge in [-0.3, -0.25) is 9.59 Å². The van der Waals surface area contributed by atoms with Crippen LogP contribution in [-0.4, -0.2) is 36.4 Å². The van der Waals surface area contributed by atoms with Gasteiger partial charge in [-0.25, -0.2) is 0 Å². The van der Waals surface area contributed by atoms with Gasteiger partial charge in [0.15, 0.2) is 6.61 Å². The van der Waals surface area contributed by atoms with E-state index in [4.69, 9.17) is 4.74 Å². The van der Waals surface area contributed by atoms with Crippen molar-refractivity contribution in [3.05, 3.63) is 59.7 Å². The van der Waals surface area contributed by atoms with Crippen LogP contribution >= 0.6 is 0 Å². The van der Waals surface area contributed by atoms with E-state index >= 15 is 0 Å². The highest BCUT2D eigenvalue weighted by molar-refractivity contribution is 5.98. The molecule has 0 N–H and O–H groups in total. The number of ether oxygens (including phenoxy) is 1. The van der Waals surface area contributed by atoms with Crippen LogP contribution in [0.3, 0.4) is 0 Å². The lowest BCUT2D eigenvalue weighted by atomic mass is 10.1. The molecule has 0 aliphatic carbocycles. The van der Waals surface area contributed by atoms with E-state index in [1.165, 1.54) is 12.8 Å². The number of fused-ring (bicyclic) bond motifs is 1. The Morgan fingerprint density at radius 3 is 2.37 bits per heavy atom. The van der Waals surface area contributed by atoms with E-state index in [1.807, 2.05) is 53.4 Å². The topological polar surface area (TPSA) is 49.9 Å². The third-order valence-electron chi connectivity index (χ3n) is 5.24. The first kappa shape index (κ1) is 17.6. The number of carbonyl (C=O) groups excluding carboxylic acids is 2. The van der Waals surface area contributed by atoms with Crippen LogP contribution < -0.4 is 9.64 Å². The molecule has 5 nitrogen and oxygen atoms in total. The van der Waals surface area contributed by atoms with Crippen molar-refractivity contribution in [1.29, 1.82) is 0 Å². The second-order valence-electron chi connectivity index (χ2n) is 7.14. The molecule has 2 aromatic rings. The molecule has 0 aromatic heterocycles. The summed E-state index contributed by atoms with van der Waals surface area (Å²) in [6.45, 7) is 2.22. The molecule has 1 fully saturated rings. The van der Waals surface area contributed by atoms with Gasteiger partial charge < -0.3 is 14.5 Å². The first-order chi connectivity index (χ1) is 13.2. The molecule has 0 bridgehead atoms. The van der Waals surface area contributed by atoms with E-state index in [2.05, 4.69) is 0 Å². The van der Waals surface area contributed by atoms with Gasteiger partial charge in [0.1, 0.15) is 5.75 Å². The first-order valence-electron chi connectivity index (χ1n) is 9.63. The first-order valence-corrected chi connectivity index (χ1v) is 9.63. The summed E-state index contributed by atoms with van der Waals surface area (Å²) in [5.74, 6) is 0.778. The molecule has 0 spiro atoms. The average molecular weight is 364 g/mol. The van der Waals surface area contributed by atoms with Crippen molar-refractivity contribution >= 4 is 17.5 Å². The third-order valence-corrected chi connectivity index (χ3v) is 5.24.